The highest BCUT2D eigenvalue weighted by Gasteiger charge is 2.22. The van der Waals surface area contributed by atoms with Gasteiger partial charge in [-0.2, -0.15) is 0 Å². The van der Waals surface area contributed by atoms with Crippen LogP contribution in [0.2, 0.25) is 23.2 Å². The molecule has 1 aliphatic rings. The molecule has 1 fully saturated rings. The third-order valence-electron chi connectivity index (χ3n) is 5.06. The Kier molecular flexibility index (Phi) is 8.53. The highest BCUT2D eigenvalue weighted by Crippen LogP contribution is 2.29. The maximum atomic E-state index is 6.06. The lowest BCUT2D eigenvalue weighted by atomic mass is 10.0. The molecule has 1 aromatic carbocycles. The SMILES string of the molecule is CCCCCCC[Si]1CCC(COc2ccc(Cl)c(C)c2)CC1. The van der Waals surface area contributed by atoms with Crippen LogP contribution in [0.4, 0.5) is 0 Å². The van der Waals surface area contributed by atoms with Crippen molar-refractivity contribution in [3.05, 3.63) is 28.8 Å². The van der Waals surface area contributed by atoms with Crippen LogP contribution in [0, 0.1) is 12.8 Å². The van der Waals surface area contributed by atoms with Crippen LogP contribution in [0.1, 0.15) is 57.4 Å². The van der Waals surface area contributed by atoms with Crippen molar-refractivity contribution in [2.75, 3.05) is 6.61 Å². The first-order valence-electron chi connectivity index (χ1n) is 9.41. The minimum Gasteiger partial charge on any atom is -0.493 e. The van der Waals surface area contributed by atoms with Gasteiger partial charge in [-0.1, -0.05) is 68.8 Å². The monoisotopic (exact) mass is 351 g/mol. The average molecular weight is 352 g/mol. The second-order valence-electron chi connectivity index (χ2n) is 7.08. The molecule has 3 heteroatoms. The first-order chi connectivity index (χ1) is 11.2. The Morgan fingerprint density at radius 2 is 1.87 bits per heavy atom. The molecule has 1 aromatic rings. The van der Waals surface area contributed by atoms with Gasteiger partial charge < -0.3 is 4.74 Å². The van der Waals surface area contributed by atoms with E-state index in [0.29, 0.717) is 0 Å². The summed E-state index contributed by atoms with van der Waals surface area (Å²) in [7, 11) is -0.0348. The van der Waals surface area contributed by atoms with Gasteiger partial charge in [-0.3, -0.25) is 0 Å². The van der Waals surface area contributed by atoms with Crippen LogP contribution in [-0.4, -0.2) is 15.4 Å². The summed E-state index contributed by atoms with van der Waals surface area (Å²) in [6.45, 7) is 5.21. The number of hydrogen-bond acceptors (Lipinski definition) is 1. The second-order valence-corrected chi connectivity index (χ2v) is 10.5. The summed E-state index contributed by atoms with van der Waals surface area (Å²) >= 11 is 6.06. The third kappa shape index (κ3) is 6.89. The van der Waals surface area contributed by atoms with E-state index in [-0.39, 0.29) is 8.80 Å². The molecule has 0 aliphatic carbocycles. The lowest BCUT2D eigenvalue weighted by Crippen LogP contribution is -2.24. The van der Waals surface area contributed by atoms with Crippen LogP contribution in [0.3, 0.4) is 0 Å². The Morgan fingerprint density at radius 1 is 1.13 bits per heavy atom. The van der Waals surface area contributed by atoms with E-state index in [1.54, 1.807) is 6.04 Å². The van der Waals surface area contributed by atoms with Crippen molar-refractivity contribution in [2.45, 2.75) is 76.9 Å². The lowest BCUT2D eigenvalue weighted by Gasteiger charge is -2.27. The van der Waals surface area contributed by atoms with Gasteiger partial charge in [-0.15, -0.1) is 0 Å². The molecule has 0 atom stereocenters. The number of aryl methyl sites for hydroxylation is 1. The van der Waals surface area contributed by atoms with E-state index in [9.17, 15) is 0 Å². The molecule has 0 unspecified atom stereocenters. The zero-order valence-electron chi connectivity index (χ0n) is 14.9. The van der Waals surface area contributed by atoms with Crippen LogP contribution in [0.5, 0.6) is 5.75 Å². The fourth-order valence-electron chi connectivity index (χ4n) is 3.40. The number of ether oxygens (including phenoxy) is 1. The van der Waals surface area contributed by atoms with Crippen LogP contribution >= 0.6 is 11.6 Å². The normalized spacial score (nSPS) is 16.7. The largest absolute Gasteiger partial charge is 0.493 e. The molecule has 129 valence electrons. The van der Waals surface area contributed by atoms with Gasteiger partial charge in [-0.05, 0) is 49.4 Å². The van der Waals surface area contributed by atoms with E-state index in [4.69, 9.17) is 16.3 Å². The highest BCUT2D eigenvalue weighted by molar-refractivity contribution is 6.58. The zero-order chi connectivity index (χ0) is 16.5. The molecule has 0 saturated carbocycles. The van der Waals surface area contributed by atoms with E-state index in [1.165, 1.54) is 57.0 Å². The summed E-state index contributed by atoms with van der Waals surface area (Å²) in [6.07, 6.45) is 9.94. The molecule has 1 nitrogen and oxygen atoms in total. The highest BCUT2D eigenvalue weighted by atomic mass is 35.5. The van der Waals surface area contributed by atoms with Gasteiger partial charge >= 0.3 is 0 Å². The van der Waals surface area contributed by atoms with E-state index in [1.807, 2.05) is 19.1 Å². The predicted molar refractivity (Wildman–Crippen MR) is 103 cm³/mol. The maximum Gasteiger partial charge on any atom is 0.119 e. The molecular weight excluding hydrogens is 320 g/mol. The fraction of sp³-hybridized carbons (Fsp3) is 0.700. The van der Waals surface area contributed by atoms with Gasteiger partial charge in [-0.25, -0.2) is 0 Å². The van der Waals surface area contributed by atoms with Crippen molar-refractivity contribution in [1.82, 2.24) is 0 Å². The van der Waals surface area contributed by atoms with E-state index in [0.717, 1.165) is 28.9 Å². The quantitative estimate of drug-likeness (QED) is 0.347. The average Bonchev–Trinajstić information content (AvgIpc) is 2.57. The smallest absolute Gasteiger partial charge is 0.119 e. The molecule has 1 heterocycles. The van der Waals surface area contributed by atoms with Crippen molar-refractivity contribution in [1.29, 1.82) is 0 Å². The Hall–Kier alpha value is -0.473. The van der Waals surface area contributed by atoms with Crippen molar-refractivity contribution in [3.8, 4) is 5.75 Å². The van der Waals surface area contributed by atoms with Crippen molar-refractivity contribution in [3.63, 3.8) is 0 Å². The van der Waals surface area contributed by atoms with Crippen LogP contribution in [-0.2, 0) is 0 Å². The third-order valence-corrected chi connectivity index (χ3v) is 8.54. The fourth-order valence-corrected chi connectivity index (χ4v) is 6.65. The number of halogens is 1. The molecule has 1 saturated heterocycles. The Morgan fingerprint density at radius 3 is 2.57 bits per heavy atom. The van der Waals surface area contributed by atoms with E-state index < -0.39 is 0 Å². The molecule has 23 heavy (non-hydrogen) atoms. The summed E-state index contributed by atoms with van der Waals surface area (Å²) in [5, 5.41) is 0.821. The van der Waals surface area contributed by atoms with Crippen LogP contribution in [0.25, 0.3) is 0 Å². The molecular formula is C20H32ClOSi. The standard InChI is InChI=1S/C20H32ClOSi/c1-3-4-5-6-7-12-23-13-10-18(11-14-23)16-22-19-8-9-20(21)17(2)15-19/h8-9,15,18H,3-7,10-14,16H2,1-2H3. The number of unbranched alkanes of at least 4 members (excludes halogenated alkanes) is 4. The van der Waals surface area contributed by atoms with E-state index >= 15 is 0 Å². The maximum absolute atomic E-state index is 6.06. The number of benzene rings is 1. The number of hydrogen-bond donors (Lipinski definition) is 0. The Labute approximate surface area is 149 Å². The molecule has 0 spiro atoms. The van der Waals surface area contributed by atoms with Gasteiger partial charge in [0.15, 0.2) is 0 Å². The van der Waals surface area contributed by atoms with E-state index in [2.05, 4.69) is 13.0 Å². The van der Waals surface area contributed by atoms with Crippen molar-refractivity contribution in [2.24, 2.45) is 5.92 Å². The van der Waals surface area contributed by atoms with Crippen LogP contribution < -0.4 is 4.74 Å². The minimum absolute atomic E-state index is 0.0348. The summed E-state index contributed by atoms with van der Waals surface area (Å²) in [5.41, 5.74) is 1.10. The van der Waals surface area contributed by atoms with Gasteiger partial charge in [0.1, 0.15) is 5.75 Å². The minimum atomic E-state index is -0.0348. The first-order valence-corrected chi connectivity index (χ1v) is 11.9. The van der Waals surface area contributed by atoms with Crippen LogP contribution in [0.15, 0.2) is 18.2 Å². The molecule has 0 amide bonds. The van der Waals surface area contributed by atoms with Gasteiger partial charge in [0.25, 0.3) is 0 Å². The molecule has 2 rings (SSSR count). The summed E-state index contributed by atoms with van der Waals surface area (Å²) < 4.78 is 5.99. The molecule has 0 aromatic heterocycles. The molecule has 0 N–H and O–H groups in total. The summed E-state index contributed by atoms with van der Waals surface area (Å²) in [4.78, 5) is 0. The molecule has 1 aliphatic heterocycles. The lowest BCUT2D eigenvalue weighted by molar-refractivity contribution is 0.236. The predicted octanol–water partition coefficient (Wildman–Crippen LogP) is 6.90. The summed E-state index contributed by atoms with van der Waals surface area (Å²) in [6, 6.07) is 10.5. The van der Waals surface area contributed by atoms with Gasteiger partial charge in [0, 0.05) is 13.8 Å². The van der Waals surface area contributed by atoms with Gasteiger partial charge in [0.2, 0.25) is 0 Å². The van der Waals surface area contributed by atoms with Gasteiger partial charge in [0.05, 0.1) is 6.61 Å². The summed E-state index contributed by atoms with van der Waals surface area (Å²) in [5.74, 6) is 1.73. The topological polar surface area (TPSA) is 9.23 Å². The molecule has 1 radical (unpaired) electrons. The second kappa shape index (κ2) is 10.4. The van der Waals surface area contributed by atoms with Crippen molar-refractivity contribution >= 4 is 20.4 Å². The first kappa shape index (κ1) is 18.9. The number of rotatable bonds is 9. The Balaban J connectivity index is 1.60. The Bertz CT molecular complexity index is 455. The zero-order valence-corrected chi connectivity index (χ0v) is 16.6. The molecule has 0 bridgehead atoms. The van der Waals surface area contributed by atoms with Crippen molar-refractivity contribution < 1.29 is 4.74 Å².